The van der Waals surface area contributed by atoms with E-state index in [0.29, 0.717) is 35.8 Å². The number of nitriles is 1. The number of nitro groups is 1. The van der Waals surface area contributed by atoms with Gasteiger partial charge in [-0.1, -0.05) is 44.0 Å². The van der Waals surface area contributed by atoms with E-state index in [4.69, 9.17) is 9.47 Å². The molecule has 5 fully saturated rings. The van der Waals surface area contributed by atoms with Crippen LogP contribution in [0.2, 0.25) is 0 Å². The molecule has 17 heteroatoms. The molecule has 5 aromatic rings. The van der Waals surface area contributed by atoms with Gasteiger partial charge in [-0.3, -0.25) is 19.8 Å². The third-order valence-corrected chi connectivity index (χ3v) is 16.2. The number of rotatable bonds is 13. The fourth-order valence-electron chi connectivity index (χ4n) is 10.9. The zero-order chi connectivity index (χ0) is 45.6. The number of anilines is 2. The smallest absolute Gasteiger partial charge is 0.312 e. The molecule has 0 unspecified atom stereocenters. The Labute approximate surface area is 384 Å². The van der Waals surface area contributed by atoms with Gasteiger partial charge in [0.1, 0.15) is 28.1 Å². The maximum absolute atomic E-state index is 14.1. The second-order valence-corrected chi connectivity index (χ2v) is 20.8. The largest absolute Gasteiger partial charge is 0.455 e. The van der Waals surface area contributed by atoms with E-state index in [0.717, 1.165) is 101 Å². The Hall–Kier alpha value is -6.09. The van der Waals surface area contributed by atoms with Crippen LogP contribution in [0.4, 0.5) is 17.2 Å². The molecule has 1 atom stereocenters. The maximum atomic E-state index is 14.1. The van der Waals surface area contributed by atoms with Gasteiger partial charge < -0.3 is 24.7 Å². The molecular formula is C49H55N9O7S. The van der Waals surface area contributed by atoms with E-state index >= 15 is 0 Å². The maximum Gasteiger partial charge on any atom is 0.312 e. The van der Waals surface area contributed by atoms with Gasteiger partial charge in [0.2, 0.25) is 5.82 Å². The molecule has 0 radical (unpaired) electrons. The molecule has 2 saturated heterocycles. The summed E-state index contributed by atoms with van der Waals surface area (Å²) in [6, 6.07) is 20.9. The molecule has 3 N–H and O–H groups in total. The van der Waals surface area contributed by atoms with Gasteiger partial charge in [-0.25, -0.2) is 23.1 Å². The first-order valence-electron chi connectivity index (χ1n) is 23.3. The number of sulfonamides is 1. The van der Waals surface area contributed by atoms with E-state index in [-0.39, 0.29) is 34.5 Å². The van der Waals surface area contributed by atoms with Crippen molar-refractivity contribution in [2.45, 2.75) is 94.0 Å². The third-order valence-electron chi connectivity index (χ3n) is 14.8. The van der Waals surface area contributed by atoms with Crippen molar-refractivity contribution in [3.63, 3.8) is 0 Å². The second-order valence-electron chi connectivity index (χ2n) is 19.2. The highest BCUT2D eigenvalue weighted by Crippen LogP contribution is 2.54. The SMILES string of the molecule is C[C@H]1CC[C@@H](CNc2nc(C#N)c(S(=O)(=O)NC(=O)c3ccc(N4CCC5(CC4)CC(N4CCOC[C@H]4c4ccccc4C4CC4)C5)cc3Oc3cnc4[nH]ccc4c3)cc2[N+](=O)[O-])CC1. The third kappa shape index (κ3) is 8.93. The minimum absolute atomic E-state index is 0.0898. The van der Waals surface area contributed by atoms with E-state index in [1.165, 1.54) is 36.2 Å². The normalized spacial score (nSPS) is 22.4. The average molecular weight is 914 g/mol. The number of aromatic nitrogens is 3. The van der Waals surface area contributed by atoms with Crippen LogP contribution in [0, 0.1) is 38.7 Å². The van der Waals surface area contributed by atoms with Gasteiger partial charge in [-0.2, -0.15) is 5.26 Å². The van der Waals surface area contributed by atoms with Gasteiger partial charge in [0.25, 0.3) is 15.9 Å². The molecule has 5 heterocycles. The predicted molar refractivity (Wildman–Crippen MR) is 248 cm³/mol. The highest BCUT2D eigenvalue weighted by Gasteiger charge is 2.50. The summed E-state index contributed by atoms with van der Waals surface area (Å²) in [6.45, 7) is 6.61. The lowest BCUT2D eigenvalue weighted by atomic mass is 9.59. The van der Waals surface area contributed by atoms with Gasteiger partial charge >= 0.3 is 5.69 Å². The summed E-state index contributed by atoms with van der Waals surface area (Å²) in [4.78, 5) is 41.3. The highest BCUT2D eigenvalue weighted by atomic mass is 32.2. The first-order valence-corrected chi connectivity index (χ1v) is 24.8. The lowest BCUT2D eigenvalue weighted by Gasteiger charge is -2.57. The molecule has 3 aromatic heterocycles. The quantitative estimate of drug-likeness (QED) is 0.0748. The number of hydrogen-bond acceptors (Lipinski definition) is 13. The lowest BCUT2D eigenvalue weighted by Crippen LogP contribution is -2.58. The predicted octanol–water partition coefficient (Wildman–Crippen LogP) is 8.59. The first-order chi connectivity index (χ1) is 32.0. The van der Waals surface area contributed by atoms with E-state index in [1.54, 1.807) is 30.5 Å². The Morgan fingerprint density at radius 2 is 1.80 bits per heavy atom. The van der Waals surface area contributed by atoms with Crippen LogP contribution in [0.25, 0.3) is 11.0 Å². The summed E-state index contributed by atoms with van der Waals surface area (Å²) in [5, 5.41) is 26.0. The molecule has 3 aliphatic carbocycles. The highest BCUT2D eigenvalue weighted by molar-refractivity contribution is 7.90. The number of amides is 1. The Bertz CT molecular complexity index is 2800. The minimum atomic E-state index is -4.86. The van der Waals surface area contributed by atoms with Crippen molar-refractivity contribution < 1.29 is 27.6 Å². The van der Waals surface area contributed by atoms with E-state index in [2.05, 4.69) is 61.3 Å². The monoisotopic (exact) mass is 913 g/mol. The Morgan fingerprint density at radius 3 is 2.55 bits per heavy atom. The number of pyridine rings is 2. The Balaban J connectivity index is 0.859. The number of fused-ring (bicyclic) bond motifs is 1. The zero-order valence-corrected chi connectivity index (χ0v) is 37.9. The number of carbonyl (C=O) groups excluding carboxylic acids is 1. The molecule has 2 aromatic carbocycles. The van der Waals surface area contributed by atoms with Crippen LogP contribution in [0.15, 0.2) is 78.0 Å². The van der Waals surface area contributed by atoms with E-state index in [9.17, 15) is 28.6 Å². The number of nitrogens with one attached hydrogen (secondary N) is 3. The van der Waals surface area contributed by atoms with Crippen molar-refractivity contribution in [1.29, 1.82) is 5.26 Å². The molecule has 1 spiro atoms. The Kier molecular flexibility index (Phi) is 11.9. The van der Waals surface area contributed by atoms with Crippen LogP contribution in [0.5, 0.6) is 11.5 Å². The number of piperidine rings is 1. The number of benzene rings is 2. The van der Waals surface area contributed by atoms with Gasteiger partial charge in [-0.15, -0.1) is 0 Å². The zero-order valence-electron chi connectivity index (χ0n) is 37.1. The fraction of sp³-hybridized carbons (Fsp3) is 0.469. The summed E-state index contributed by atoms with van der Waals surface area (Å²) in [5.74, 6) is 0.721. The van der Waals surface area contributed by atoms with Gasteiger partial charge in [0, 0.05) is 61.6 Å². The molecule has 10 rings (SSSR count). The lowest BCUT2D eigenvalue weighted by molar-refractivity contribution is -0.384. The van der Waals surface area contributed by atoms with Crippen LogP contribution >= 0.6 is 0 Å². The topological polar surface area (TPSA) is 209 Å². The molecular weight excluding hydrogens is 859 g/mol. The van der Waals surface area contributed by atoms with Gasteiger partial charge in [0.15, 0.2) is 5.69 Å². The number of hydrogen-bond donors (Lipinski definition) is 3. The molecule has 3 saturated carbocycles. The van der Waals surface area contributed by atoms with Gasteiger partial charge in [0.05, 0.1) is 35.9 Å². The van der Waals surface area contributed by atoms with E-state index in [1.807, 2.05) is 10.8 Å². The standard InChI is InChI=1S/C49H55N9O7S/c1-31-6-8-32(9-7-31)28-52-47-42(58(60)61)24-45(41(27-50)54-47)66(62,63)55-48(59)40-13-12-35(23-44(40)65-37-22-34-14-17-51-46(34)53-29-37)56-18-15-49(16-19-56)25-36(26-49)57-20-21-64-30-43(57)39-5-3-2-4-38(39)33-10-11-33/h2-5,12-14,17,22-24,29,31-33,36,43H,6-11,15-16,18-21,25-26,28,30H2,1H3,(H,51,53)(H,52,54)(H,55,59)/t31-,32+,43-/m0/s1. The van der Waals surface area contributed by atoms with Crippen molar-refractivity contribution >= 4 is 44.2 Å². The summed E-state index contributed by atoms with van der Waals surface area (Å²) < 4.78 is 42.3. The molecule has 2 aliphatic heterocycles. The summed E-state index contributed by atoms with van der Waals surface area (Å²) in [7, 11) is -4.86. The summed E-state index contributed by atoms with van der Waals surface area (Å²) >= 11 is 0. The number of H-pyrrole nitrogens is 1. The van der Waals surface area contributed by atoms with Crippen LogP contribution in [0.3, 0.4) is 0 Å². The minimum Gasteiger partial charge on any atom is -0.455 e. The number of nitrogens with zero attached hydrogens (tertiary/aromatic N) is 6. The summed E-state index contributed by atoms with van der Waals surface area (Å²) in [5.41, 5.74) is 3.33. The first kappa shape index (κ1) is 43.8. The molecule has 5 aliphatic rings. The number of morpholine rings is 1. The van der Waals surface area contributed by atoms with Crippen molar-refractivity contribution in [1.82, 2.24) is 24.6 Å². The van der Waals surface area contributed by atoms with Crippen molar-refractivity contribution in [3.05, 3.63) is 106 Å². The molecule has 16 nitrogen and oxygen atoms in total. The van der Waals surface area contributed by atoms with Gasteiger partial charge in [-0.05, 0) is 110 Å². The number of carbonyl (C=O) groups is 1. The van der Waals surface area contributed by atoms with Crippen molar-refractivity contribution in [2.24, 2.45) is 17.3 Å². The van der Waals surface area contributed by atoms with Crippen LogP contribution in [-0.4, -0.2) is 84.5 Å². The molecule has 1 amide bonds. The Morgan fingerprint density at radius 1 is 1.03 bits per heavy atom. The number of ether oxygens (including phenoxy) is 2. The molecule has 344 valence electrons. The second kappa shape index (κ2) is 17.9. The molecule has 66 heavy (non-hydrogen) atoms. The van der Waals surface area contributed by atoms with Crippen LogP contribution < -0.4 is 19.7 Å². The number of aromatic amines is 1. The van der Waals surface area contributed by atoms with Crippen molar-refractivity contribution in [2.75, 3.05) is 49.6 Å². The van der Waals surface area contributed by atoms with Crippen LogP contribution in [-0.2, 0) is 14.8 Å². The van der Waals surface area contributed by atoms with E-state index < -0.39 is 37.1 Å². The fourth-order valence-corrected chi connectivity index (χ4v) is 11.9. The van der Waals surface area contributed by atoms with Crippen LogP contribution in [0.1, 0.15) is 110 Å². The van der Waals surface area contributed by atoms with Crippen molar-refractivity contribution in [3.8, 4) is 17.6 Å². The average Bonchev–Trinajstić information content (AvgIpc) is 4.06. The summed E-state index contributed by atoms with van der Waals surface area (Å²) in [6.07, 6.45) is 14.1. The molecule has 0 bridgehead atoms.